The van der Waals surface area contributed by atoms with Crippen molar-refractivity contribution in [1.82, 2.24) is 4.31 Å². The van der Waals surface area contributed by atoms with Crippen molar-refractivity contribution in [2.45, 2.75) is 30.7 Å². The van der Waals surface area contributed by atoms with Gasteiger partial charge in [-0.2, -0.15) is 0 Å². The zero-order valence-corrected chi connectivity index (χ0v) is 16.1. The van der Waals surface area contributed by atoms with Crippen molar-refractivity contribution in [1.29, 1.82) is 0 Å². The number of ether oxygens (including phenoxy) is 1. The van der Waals surface area contributed by atoms with E-state index in [4.69, 9.17) is 4.74 Å². The van der Waals surface area contributed by atoms with Gasteiger partial charge in [0.1, 0.15) is 17.6 Å². The van der Waals surface area contributed by atoms with Crippen LogP contribution >= 0.6 is 0 Å². The second kappa shape index (κ2) is 7.59. The Morgan fingerprint density at radius 2 is 1.89 bits per heavy atom. The normalized spacial score (nSPS) is 16.9. The first-order chi connectivity index (χ1) is 13.2. The summed E-state index contributed by atoms with van der Waals surface area (Å²) in [5.74, 6) is -1.51. The first-order valence-electron chi connectivity index (χ1n) is 8.52. The fourth-order valence-electron chi connectivity index (χ4n) is 3.06. The van der Waals surface area contributed by atoms with Crippen LogP contribution in [0.15, 0.2) is 47.4 Å². The molecule has 148 valence electrons. The molecule has 1 fully saturated rings. The lowest BCUT2D eigenvalue weighted by molar-refractivity contribution is -0.128. The van der Waals surface area contributed by atoms with Crippen LogP contribution in [0.1, 0.15) is 18.4 Å². The van der Waals surface area contributed by atoms with E-state index >= 15 is 0 Å². The monoisotopic (exact) mass is 406 g/mol. The minimum atomic E-state index is -4.29. The predicted octanol–water partition coefficient (Wildman–Crippen LogP) is 2.46. The molecule has 0 spiro atoms. The molecule has 0 aliphatic carbocycles. The van der Waals surface area contributed by atoms with E-state index in [9.17, 15) is 22.4 Å². The maximum atomic E-state index is 13.1. The number of anilines is 1. The van der Waals surface area contributed by atoms with E-state index in [2.05, 4.69) is 5.32 Å². The predicted molar refractivity (Wildman–Crippen MR) is 99.8 cm³/mol. The molecule has 0 bridgehead atoms. The number of nitrogens with zero attached hydrogens (tertiary/aromatic N) is 1. The minimum Gasteiger partial charge on any atom is -0.495 e. The molecule has 1 heterocycles. The number of carbonyl (C=O) groups excluding carboxylic acids is 2. The molecular weight excluding hydrogens is 387 g/mol. The third kappa shape index (κ3) is 3.70. The second-order valence-corrected chi connectivity index (χ2v) is 8.21. The molecule has 0 aromatic heterocycles. The number of sulfonamides is 1. The Balaban J connectivity index is 1.91. The van der Waals surface area contributed by atoms with Crippen LogP contribution in [0.2, 0.25) is 0 Å². The van der Waals surface area contributed by atoms with Crippen LogP contribution in [-0.4, -0.2) is 37.7 Å². The molecule has 1 aliphatic rings. The van der Waals surface area contributed by atoms with Gasteiger partial charge in [-0.15, -0.1) is 0 Å². The van der Waals surface area contributed by atoms with E-state index in [0.717, 1.165) is 29.8 Å². The first-order valence-corrected chi connectivity index (χ1v) is 9.96. The van der Waals surface area contributed by atoms with Crippen LogP contribution in [0.3, 0.4) is 0 Å². The zero-order chi connectivity index (χ0) is 20.5. The van der Waals surface area contributed by atoms with E-state index in [1.54, 1.807) is 18.2 Å². The summed E-state index contributed by atoms with van der Waals surface area (Å²) in [7, 11) is -2.84. The third-order valence-corrected chi connectivity index (χ3v) is 6.29. The van der Waals surface area contributed by atoms with Gasteiger partial charge in [-0.3, -0.25) is 9.59 Å². The number of methoxy groups -OCH3 is 1. The average molecular weight is 406 g/mol. The van der Waals surface area contributed by atoms with Gasteiger partial charge in [0.15, 0.2) is 0 Å². The zero-order valence-electron chi connectivity index (χ0n) is 15.3. The quantitative estimate of drug-likeness (QED) is 0.823. The number of halogens is 1. The first kappa shape index (κ1) is 19.8. The van der Waals surface area contributed by atoms with E-state index < -0.39 is 33.7 Å². The van der Waals surface area contributed by atoms with Crippen molar-refractivity contribution in [3.05, 3.63) is 53.8 Å². The smallest absolute Gasteiger partial charge is 0.267 e. The second-order valence-electron chi connectivity index (χ2n) is 6.40. The van der Waals surface area contributed by atoms with Gasteiger partial charge >= 0.3 is 0 Å². The molecular formula is C19H19FN2O5S. The van der Waals surface area contributed by atoms with Gasteiger partial charge in [0, 0.05) is 6.42 Å². The number of nitrogens with one attached hydrogen (secondary N) is 1. The highest BCUT2D eigenvalue weighted by Gasteiger charge is 2.44. The summed E-state index contributed by atoms with van der Waals surface area (Å²) >= 11 is 0. The summed E-state index contributed by atoms with van der Waals surface area (Å²) in [6.45, 7) is 1.83. The number of benzene rings is 2. The SMILES string of the molecule is COc1ccc(C)cc1NC(=O)[C@H]1CCC(=O)N1S(=O)(=O)c1ccc(F)cc1. The molecule has 1 aliphatic heterocycles. The Morgan fingerprint density at radius 3 is 2.54 bits per heavy atom. The number of rotatable bonds is 5. The van der Waals surface area contributed by atoms with Gasteiger partial charge in [0.2, 0.25) is 11.8 Å². The molecule has 9 heteroatoms. The summed E-state index contributed by atoms with van der Waals surface area (Å²) in [5.41, 5.74) is 1.25. The Labute approximate surface area is 162 Å². The van der Waals surface area contributed by atoms with E-state index in [1.807, 2.05) is 6.92 Å². The van der Waals surface area contributed by atoms with Gasteiger partial charge in [-0.25, -0.2) is 17.1 Å². The van der Waals surface area contributed by atoms with Gasteiger partial charge < -0.3 is 10.1 Å². The summed E-state index contributed by atoms with van der Waals surface area (Å²) in [5, 5.41) is 2.65. The molecule has 1 N–H and O–H groups in total. The molecule has 2 aromatic rings. The number of amides is 2. The highest BCUT2D eigenvalue weighted by molar-refractivity contribution is 7.89. The molecule has 28 heavy (non-hydrogen) atoms. The van der Waals surface area contributed by atoms with Gasteiger partial charge in [-0.05, 0) is 55.3 Å². The molecule has 0 saturated carbocycles. The molecule has 0 radical (unpaired) electrons. The van der Waals surface area contributed by atoms with Gasteiger partial charge in [-0.1, -0.05) is 6.07 Å². The topological polar surface area (TPSA) is 92.8 Å². The lowest BCUT2D eigenvalue weighted by Gasteiger charge is -2.24. The Bertz CT molecular complexity index is 1020. The lowest BCUT2D eigenvalue weighted by Crippen LogP contribution is -2.45. The summed E-state index contributed by atoms with van der Waals surface area (Å²) in [4.78, 5) is 24.8. The highest BCUT2D eigenvalue weighted by atomic mass is 32.2. The van der Waals surface area contributed by atoms with Gasteiger partial charge in [0.05, 0.1) is 17.7 Å². The minimum absolute atomic E-state index is 0.0548. The largest absolute Gasteiger partial charge is 0.495 e. The van der Waals surface area contributed by atoms with E-state index in [1.165, 1.54) is 7.11 Å². The van der Waals surface area contributed by atoms with Gasteiger partial charge in [0.25, 0.3) is 10.0 Å². The maximum Gasteiger partial charge on any atom is 0.267 e. The number of aryl methyl sites for hydroxylation is 1. The molecule has 7 nitrogen and oxygen atoms in total. The van der Waals surface area contributed by atoms with E-state index in [0.29, 0.717) is 15.7 Å². The van der Waals surface area contributed by atoms with E-state index in [-0.39, 0.29) is 17.7 Å². The number of carbonyl (C=O) groups is 2. The molecule has 1 saturated heterocycles. The summed E-state index contributed by atoms with van der Waals surface area (Å²) in [6, 6.07) is 8.07. The fraction of sp³-hybridized carbons (Fsp3) is 0.263. The average Bonchev–Trinajstić information content (AvgIpc) is 3.05. The van der Waals surface area contributed by atoms with Crippen LogP contribution in [0.25, 0.3) is 0 Å². The Morgan fingerprint density at radius 1 is 1.21 bits per heavy atom. The molecule has 2 amide bonds. The van der Waals surface area contributed by atoms with Crippen molar-refractivity contribution >= 4 is 27.5 Å². The Kier molecular flexibility index (Phi) is 5.37. The molecule has 3 rings (SSSR count). The van der Waals surface area contributed by atoms with Crippen molar-refractivity contribution in [3.63, 3.8) is 0 Å². The number of hydrogen-bond acceptors (Lipinski definition) is 5. The van der Waals surface area contributed by atoms with Crippen molar-refractivity contribution < 1.29 is 27.1 Å². The van der Waals surface area contributed by atoms with Crippen LogP contribution in [0, 0.1) is 12.7 Å². The van der Waals surface area contributed by atoms with Crippen LogP contribution in [-0.2, 0) is 19.6 Å². The maximum absolute atomic E-state index is 13.1. The fourth-order valence-corrected chi connectivity index (χ4v) is 4.66. The number of hydrogen-bond donors (Lipinski definition) is 1. The van der Waals surface area contributed by atoms with Crippen LogP contribution in [0.5, 0.6) is 5.75 Å². The highest BCUT2D eigenvalue weighted by Crippen LogP contribution is 2.30. The summed E-state index contributed by atoms with van der Waals surface area (Å²) in [6.07, 6.45) is -0.0251. The third-order valence-electron chi connectivity index (χ3n) is 4.45. The van der Waals surface area contributed by atoms with Crippen LogP contribution < -0.4 is 10.1 Å². The van der Waals surface area contributed by atoms with Crippen molar-refractivity contribution in [2.24, 2.45) is 0 Å². The van der Waals surface area contributed by atoms with Crippen molar-refractivity contribution in [3.8, 4) is 5.75 Å². The standard InChI is InChI=1S/C19H19FN2O5S/c1-12-3-9-17(27-2)15(11-12)21-19(24)16-8-10-18(23)22(16)28(25,26)14-6-4-13(20)5-7-14/h3-7,9,11,16H,8,10H2,1-2H3,(H,21,24)/t16-/m1/s1. The van der Waals surface area contributed by atoms with Crippen molar-refractivity contribution in [2.75, 3.05) is 12.4 Å². The molecule has 2 aromatic carbocycles. The molecule has 1 atom stereocenters. The van der Waals surface area contributed by atoms with Crippen LogP contribution in [0.4, 0.5) is 10.1 Å². The lowest BCUT2D eigenvalue weighted by atomic mass is 10.1. The molecule has 0 unspecified atom stereocenters. The Hall–Kier alpha value is -2.94. The summed E-state index contributed by atoms with van der Waals surface area (Å²) < 4.78 is 44.7.